The minimum atomic E-state index is 0.378. The van der Waals surface area contributed by atoms with Crippen LogP contribution in [-0.4, -0.2) is 5.16 Å². The van der Waals surface area contributed by atoms with Crippen molar-refractivity contribution in [2.75, 3.05) is 5.73 Å². The Bertz CT molecular complexity index is 437. The lowest BCUT2D eigenvalue weighted by Crippen LogP contribution is -1.85. The van der Waals surface area contributed by atoms with Gasteiger partial charge in [-0.2, -0.15) is 0 Å². The zero-order chi connectivity index (χ0) is 9.42. The molecule has 13 heavy (non-hydrogen) atoms. The second-order valence-corrected chi connectivity index (χ2v) is 4.18. The lowest BCUT2D eigenvalue weighted by Gasteiger charge is -1.88. The van der Waals surface area contributed by atoms with Crippen molar-refractivity contribution in [1.29, 1.82) is 0 Å². The molecule has 0 aliphatic heterocycles. The van der Waals surface area contributed by atoms with Crippen molar-refractivity contribution >= 4 is 44.3 Å². The molecular weight excluding hydrogens is 351 g/mol. The lowest BCUT2D eigenvalue weighted by molar-refractivity contribution is 0.418. The molecule has 0 amide bonds. The van der Waals surface area contributed by atoms with E-state index in [1.807, 2.05) is 0 Å². The van der Waals surface area contributed by atoms with Gasteiger partial charge >= 0.3 is 0 Å². The first-order valence-electron chi connectivity index (χ1n) is 3.35. The lowest BCUT2D eigenvalue weighted by atomic mass is 10.3. The van der Waals surface area contributed by atoms with Gasteiger partial charge in [0.05, 0.1) is 0 Å². The Morgan fingerprint density at radius 1 is 1.46 bits per heavy atom. The fourth-order valence-electron chi connectivity index (χ4n) is 0.881. The summed E-state index contributed by atoms with van der Waals surface area (Å²) in [4.78, 5) is 0. The van der Waals surface area contributed by atoms with Crippen LogP contribution in [0, 0.1) is 3.57 Å². The summed E-state index contributed by atoms with van der Waals surface area (Å²) >= 11 is 5.25. The molecule has 0 atom stereocenters. The number of nitrogens with two attached hydrogens (primary N) is 1. The van der Waals surface area contributed by atoms with E-state index in [0.29, 0.717) is 22.0 Å². The molecule has 4 nitrogen and oxygen atoms in total. The van der Waals surface area contributed by atoms with Crippen LogP contribution in [0.25, 0.3) is 11.5 Å². The van der Waals surface area contributed by atoms with Gasteiger partial charge in [-0.3, -0.25) is 0 Å². The molecule has 2 aromatic heterocycles. The smallest absolute Gasteiger partial charge is 0.217 e. The van der Waals surface area contributed by atoms with Crippen molar-refractivity contribution in [2.24, 2.45) is 0 Å². The second kappa shape index (κ2) is 3.33. The average Bonchev–Trinajstić information content (AvgIpc) is 2.62. The summed E-state index contributed by atoms with van der Waals surface area (Å²) in [5.41, 5.74) is 5.52. The van der Waals surface area contributed by atoms with Gasteiger partial charge < -0.3 is 14.7 Å². The highest BCUT2D eigenvalue weighted by atomic mass is 127. The van der Waals surface area contributed by atoms with E-state index in [9.17, 15) is 0 Å². The third kappa shape index (κ3) is 1.60. The van der Waals surface area contributed by atoms with Gasteiger partial charge in [0.2, 0.25) is 5.76 Å². The number of halogens is 2. The Hall–Kier alpha value is -0.500. The van der Waals surface area contributed by atoms with Crippen molar-refractivity contribution in [2.45, 2.75) is 0 Å². The Labute approximate surface area is 95.7 Å². The summed E-state index contributed by atoms with van der Waals surface area (Å²) in [5.74, 6) is 1.55. The van der Waals surface area contributed by atoms with Crippen molar-refractivity contribution in [3.63, 3.8) is 0 Å². The Kier molecular flexibility index (Phi) is 2.33. The van der Waals surface area contributed by atoms with Gasteiger partial charge in [-0.15, -0.1) is 0 Å². The van der Waals surface area contributed by atoms with Gasteiger partial charge in [0, 0.05) is 0 Å². The van der Waals surface area contributed by atoms with Gasteiger partial charge in [0.25, 0.3) is 0 Å². The highest BCUT2D eigenvalue weighted by Crippen LogP contribution is 2.31. The predicted octanol–water partition coefficient (Wildman–Crippen LogP) is 2.88. The van der Waals surface area contributed by atoms with E-state index in [0.717, 1.165) is 3.57 Å². The maximum absolute atomic E-state index is 5.52. The van der Waals surface area contributed by atoms with Crippen molar-refractivity contribution in [1.82, 2.24) is 5.16 Å². The molecule has 0 aromatic carbocycles. The summed E-state index contributed by atoms with van der Waals surface area (Å²) < 4.78 is 11.7. The predicted molar refractivity (Wildman–Crippen MR) is 59.0 cm³/mol. The highest BCUT2D eigenvalue weighted by molar-refractivity contribution is 14.1. The largest absolute Gasteiger partial charge is 0.446 e. The maximum atomic E-state index is 5.52. The van der Waals surface area contributed by atoms with Crippen LogP contribution in [0.4, 0.5) is 5.82 Å². The monoisotopic (exact) mass is 354 g/mol. The Morgan fingerprint density at radius 3 is 2.69 bits per heavy atom. The topological polar surface area (TPSA) is 65.2 Å². The van der Waals surface area contributed by atoms with Crippen LogP contribution in [-0.2, 0) is 0 Å². The third-order valence-corrected chi connectivity index (χ3v) is 2.93. The van der Waals surface area contributed by atoms with E-state index in [1.165, 1.54) is 0 Å². The minimum Gasteiger partial charge on any atom is -0.446 e. The molecule has 0 aliphatic carbocycles. The Balaban J connectivity index is 2.52. The zero-order valence-electron chi connectivity index (χ0n) is 6.25. The molecule has 0 saturated carbocycles. The van der Waals surface area contributed by atoms with Gasteiger partial charge in [-0.25, -0.2) is 0 Å². The van der Waals surface area contributed by atoms with E-state index < -0.39 is 0 Å². The van der Waals surface area contributed by atoms with E-state index >= 15 is 0 Å². The van der Waals surface area contributed by atoms with E-state index in [4.69, 9.17) is 14.7 Å². The number of furan rings is 1. The van der Waals surface area contributed by atoms with Crippen molar-refractivity contribution in [3.8, 4) is 11.5 Å². The first-order chi connectivity index (χ1) is 6.18. The minimum absolute atomic E-state index is 0.378. The number of hydrogen-bond acceptors (Lipinski definition) is 4. The van der Waals surface area contributed by atoms with Gasteiger partial charge in [0.15, 0.2) is 16.2 Å². The summed E-state index contributed by atoms with van der Waals surface area (Å²) in [7, 11) is 0. The molecule has 0 fully saturated rings. The molecule has 2 rings (SSSR count). The summed E-state index contributed by atoms with van der Waals surface area (Å²) in [6.07, 6.45) is 0. The fourth-order valence-corrected chi connectivity index (χ4v) is 1.65. The van der Waals surface area contributed by atoms with Crippen LogP contribution in [0.15, 0.2) is 25.7 Å². The van der Waals surface area contributed by atoms with Crippen molar-refractivity contribution < 1.29 is 8.94 Å². The molecule has 0 saturated heterocycles. The second-order valence-electron chi connectivity index (χ2n) is 2.31. The standard InChI is InChI=1S/C7H4BrIN2O2/c8-4-2-1-3(12-4)6-5(9)7(10)11-13-6/h1-2H,(H2,10,11). The first-order valence-corrected chi connectivity index (χ1v) is 5.22. The van der Waals surface area contributed by atoms with Crippen LogP contribution < -0.4 is 5.73 Å². The number of rotatable bonds is 1. The number of aromatic nitrogens is 1. The molecule has 0 radical (unpaired) electrons. The molecule has 68 valence electrons. The van der Waals surface area contributed by atoms with Crippen LogP contribution in [0.5, 0.6) is 0 Å². The van der Waals surface area contributed by atoms with E-state index in [2.05, 4.69) is 43.7 Å². The fraction of sp³-hybridized carbons (Fsp3) is 0. The van der Waals surface area contributed by atoms with E-state index in [1.54, 1.807) is 12.1 Å². The SMILES string of the molecule is Nc1noc(-c2ccc(Br)o2)c1I. The molecule has 0 bridgehead atoms. The molecule has 2 heterocycles. The van der Waals surface area contributed by atoms with Gasteiger partial charge in [-0.1, -0.05) is 5.16 Å². The van der Waals surface area contributed by atoms with Crippen LogP contribution in [0.2, 0.25) is 0 Å². The first kappa shape index (κ1) is 9.07. The molecule has 0 unspecified atom stereocenters. The Morgan fingerprint density at radius 2 is 2.23 bits per heavy atom. The number of anilines is 1. The highest BCUT2D eigenvalue weighted by Gasteiger charge is 2.15. The van der Waals surface area contributed by atoms with Crippen LogP contribution in [0.3, 0.4) is 0 Å². The normalized spacial score (nSPS) is 10.6. The zero-order valence-corrected chi connectivity index (χ0v) is 10.00. The molecule has 6 heteroatoms. The van der Waals surface area contributed by atoms with Gasteiger partial charge in [0.1, 0.15) is 3.57 Å². The van der Waals surface area contributed by atoms with E-state index in [-0.39, 0.29) is 0 Å². The third-order valence-electron chi connectivity index (χ3n) is 1.46. The molecule has 2 aromatic rings. The average molecular weight is 355 g/mol. The molecular formula is C7H4BrIN2O2. The van der Waals surface area contributed by atoms with Crippen LogP contribution in [0.1, 0.15) is 0 Å². The van der Waals surface area contributed by atoms with Crippen molar-refractivity contribution in [3.05, 3.63) is 20.4 Å². The molecule has 0 aliphatic rings. The number of hydrogen-bond donors (Lipinski definition) is 1. The summed E-state index contributed by atoms with van der Waals surface area (Å²) in [6.45, 7) is 0. The summed E-state index contributed by atoms with van der Waals surface area (Å²) in [5, 5.41) is 3.62. The van der Waals surface area contributed by atoms with Crippen LogP contribution >= 0.6 is 38.5 Å². The van der Waals surface area contributed by atoms with Gasteiger partial charge in [-0.05, 0) is 50.7 Å². The number of nitrogens with zero attached hydrogens (tertiary/aromatic N) is 1. The molecule has 2 N–H and O–H groups in total. The summed E-state index contributed by atoms with van der Waals surface area (Å²) in [6, 6.07) is 3.57. The maximum Gasteiger partial charge on any atom is 0.217 e. The quantitative estimate of drug-likeness (QED) is 0.800. The molecule has 0 spiro atoms. The number of nitrogen functional groups attached to an aromatic ring is 1.